The first-order valence-electron chi connectivity index (χ1n) is 13.2. The molecule has 2 heterocycles. The van der Waals surface area contributed by atoms with Crippen molar-refractivity contribution in [2.75, 3.05) is 27.4 Å². The van der Waals surface area contributed by atoms with Crippen LogP contribution in [0.25, 0.3) is 11.8 Å². The molecule has 218 valence electrons. The highest BCUT2D eigenvalue weighted by Gasteiger charge is 2.35. The average molecular weight is 616 g/mol. The predicted octanol–water partition coefficient (Wildman–Crippen LogP) is 4.51. The van der Waals surface area contributed by atoms with E-state index in [0.717, 1.165) is 0 Å². The summed E-state index contributed by atoms with van der Waals surface area (Å²) in [6.07, 6.45) is 1.67. The minimum absolute atomic E-state index is 0.154. The molecular weight excluding hydrogens is 590 g/mol. The Morgan fingerprint density at radius 1 is 1.12 bits per heavy atom. The molecule has 1 atom stereocenters. The number of benzene rings is 3. The largest absolute Gasteiger partial charge is 0.497 e. The summed E-state index contributed by atoms with van der Waals surface area (Å²) in [6, 6.07) is 20.9. The summed E-state index contributed by atoms with van der Waals surface area (Å²) < 4.78 is 23.6. The van der Waals surface area contributed by atoms with E-state index < -0.39 is 12.0 Å². The Bertz CT molecular complexity index is 1920. The van der Waals surface area contributed by atoms with Crippen LogP contribution in [0.4, 0.5) is 0 Å². The van der Waals surface area contributed by atoms with Gasteiger partial charge in [0.2, 0.25) is 0 Å². The minimum atomic E-state index is -0.821. The third kappa shape index (κ3) is 5.91. The van der Waals surface area contributed by atoms with Gasteiger partial charge in [-0.05, 0) is 48.4 Å². The van der Waals surface area contributed by atoms with Gasteiger partial charge in [0.05, 0.1) is 47.7 Å². The van der Waals surface area contributed by atoms with E-state index in [1.54, 1.807) is 44.4 Å². The highest BCUT2D eigenvalue weighted by molar-refractivity contribution is 7.07. The number of esters is 1. The van der Waals surface area contributed by atoms with Gasteiger partial charge in [-0.25, -0.2) is 9.79 Å². The van der Waals surface area contributed by atoms with E-state index in [0.29, 0.717) is 43.2 Å². The number of ether oxygens (including phenoxy) is 4. The number of methoxy groups -OCH3 is 2. The first-order valence-corrected chi connectivity index (χ1v) is 14.4. The normalized spacial score (nSPS) is 14.4. The van der Waals surface area contributed by atoms with Crippen molar-refractivity contribution in [2.45, 2.75) is 13.0 Å². The van der Waals surface area contributed by atoms with Crippen molar-refractivity contribution in [2.24, 2.45) is 4.99 Å². The van der Waals surface area contributed by atoms with Crippen LogP contribution in [0.2, 0.25) is 5.02 Å². The Hall–Kier alpha value is -4.85. The van der Waals surface area contributed by atoms with Crippen LogP contribution in [-0.2, 0) is 9.53 Å². The maximum atomic E-state index is 14.1. The number of halogens is 1. The molecule has 0 N–H and O–H groups in total. The molecule has 0 saturated carbocycles. The summed E-state index contributed by atoms with van der Waals surface area (Å²) in [7, 11) is 3.03. The van der Waals surface area contributed by atoms with Gasteiger partial charge in [-0.2, -0.15) is 5.26 Å². The lowest BCUT2D eigenvalue weighted by molar-refractivity contribution is -0.138. The molecule has 1 aliphatic heterocycles. The van der Waals surface area contributed by atoms with Crippen LogP contribution in [-0.4, -0.2) is 38.0 Å². The molecule has 43 heavy (non-hydrogen) atoms. The number of nitriles is 1. The second kappa shape index (κ2) is 13.0. The molecule has 1 aliphatic rings. The SMILES string of the molecule is CCOC(=O)C1=C(c2ccccc2)N=c2s/c(=C\c3cc(Cl)c(OCC#N)c(OC)c3)c(=O)n2[C@H]1c1ccc(OC)cc1. The standard InChI is InChI=1S/C32H26ClN3O6S/c1-4-41-31(38)26-27(20-8-6-5-7-9-20)35-32-36(28(26)21-10-12-22(39-2)13-11-21)30(37)25(43-32)18-19-16-23(33)29(42-15-14-34)24(17-19)40-3/h5-13,16-18,28H,4,15H2,1-3H3/b25-18-/t28-/m0/s1. The molecule has 0 unspecified atom stereocenters. The van der Waals surface area contributed by atoms with Crippen molar-refractivity contribution in [1.82, 2.24) is 4.57 Å². The van der Waals surface area contributed by atoms with Crippen LogP contribution in [0.1, 0.15) is 29.7 Å². The zero-order valence-electron chi connectivity index (χ0n) is 23.5. The Morgan fingerprint density at radius 3 is 2.51 bits per heavy atom. The van der Waals surface area contributed by atoms with Gasteiger partial charge in [0.1, 0.15) is 11.8 Å². The smallest absolute Gasteiger partial charge is 0.338 e. The van der Waals surface area contributed by atoms with E-state index >= 15 is 0 Å². The van der Waals surface area contributed by atoms with Gasteiger partial charge in [-0.15, -0.1) is 0 Å². The second-order valence-corrected chi connectivity index (χ2v) is 10.6. The Morgan fingerprint density at radius 2 is 1.86 bits per heavy atom. The molecule has 9 nitrogen and oxygen atoms in total. The number of fused-ring (bicyclic) bond motifs is 1. The fourth-order valence-corrected chi connectivity index (χ4v) is 6.04. The Kier molecular flexibility index (Phi) is 8.95. The number of rotatable bonds is 9. The fraction of sp³-hybridized carbons (Fsp3) is 0.188. The van der Waals surface area contributed by atoms with Crippen molar-refractivity contribution in [3.05, 3.63) is 114 Å². The number of hydrogen-bond donors (Lipinski definition) is 0. The van der Waals surface area contributed by atoms with E-state index in [4.69, 9.17) is 40.8 Å². The molecule has 0 spiro atoms. The van der Waals surface area contributed by atoms with E-state index in [9.17, 15) is 9.59 Å². The maximum Gasteiger partial charge on any atom is 0.338 e. The van der Waals surface area contributed by atoms with Gasteiger partial charge in [-0.1, -0.05) is 65.4 Å². The fourth-order valence-electron chi connectivity index (χ4n) is 4.76. The maximum absolute atomic E-state index is 14.1. The monoisotopic (exact) mass is 615 g/mol. The molecule has 0 fully saturated rings. The average Bonchev–Trinajstić information content (AvgIpc) is 3.34. The minimum Gasteiger partial charge on any atom is -0.497 e. The zero-order chi connectivity index (χ0) is 30.5. The Balaban J connectivity index is 1.77. The number of carbonyl (C=O) groups excluding carboxylic acids is 1. The van der Waals surface area contributed by atoms with Crippen LogP contribution in [0.15, 0.2) is 82.1 Å². The van der Waals surface area contributed by atoms with Gasteiger partial charge < -0.3 is 18.9 Å². The lowest BCUT2D eigenvalue weighted by atomic mass is 9.93. The van der Waals surface area contributed by atoms with Crippen molar-refractivity contribution in [3.63, 3.8) is 0 Å². The van der Waals surface area contributed by atoms with Crippen molar-refractivity contribution >= 4 is 40.7 Å². The zero-order valence-corrected chi connectivity index (χ0v) is 25.1. The highest BCUT2D eigenvalue weighted by atomic mass is 35.5. The Labute approximate surface area is 256 Å². The van der Waals surface area contributed by atoms with Gasteiger partial charge in [-0.3, -0.25) is 9.36 Å². The molecular formula is C32H26ClN3O6S. The number of thiazole rings is 1. The van der Waals surface area contributed by atoms with Crippen molar-refractivity contribution in [3.8, 4) is 23.3 Å². The van der Waals surface area contributed by atoms with Gasteiger partial charge in [0.15, 0.2) is 22.9 Å². The molecule has 1 aromatic heterocycles. The number of aromatic nitrogens is 1. The van der Waals surface area contributed by atoms with Gasteiger partial charge in [0, 0.05) is 5.56 Å². The molecule has 0 radical (unpaired) electrons. The summed E-state index contributed by atoms with van der Waals surface area (Å²) >= 11 is 7.64. The van der Waals surface area contributed by atoms with E-state index in [-0.39, 0.29) is 35.1 Å². The third-order valence-electron chi connectivity index (χ3n) is 6.64. The summed E-state index contributed by atoms with van der Waals surface area (Å²) in [5, 5.41) is 9.12. The van der Waals surface area contributed by atoms with Crippen molar-refractivity contribution in [1.29, 1.82) is 5.26 Å². The highest BCUT2D eigenvalue weighted by Crippen LogP contribution is 2.37. The summed E-state index contributed by atoms with van der Waals surface area (Å²) in [6.45, 7) is 1.68. The van der Waals surface area contributed by atoms with Crippen LogP contribution in [0.3, 0.4) is 0 Å². The van der Waals surface area contributed by atoms with E-state index in [2.05, 4.69) is 0 Å². The number of hydrogen-bond acceptors (Lipinski definition) is 9. The predicted molar refractivity (Wildman–Crippen MR) is 163 cm³/mol. The molecule has 0 aliphatic carbocycles. The topological polar surface area (TPSA) is 112 Å². The van der Waals surface area contributed by atoms with Gasteiger partial charge >= 0.3 is 5.97 Å². The molecule has 4 aromatic rings. The molecule has 0 bridgehead atoms. The molecule has 0 saturated heterocycles. The second-order valence-electron chi connectivity index (χ2n) is 9.19. The molecule has 3 aromatic carbocycles. The summed E-state index contributed by atoms with van der Waals surface area (Å²) in [4.78, 5) is 32.9. The van der Waals surface area contributed by atoms with Crippen LogP contribution in [0.5, 0.6) is 17.2 Å². The number of carbonyl (C=O) groups is 1. The molecule has 0 amide bonds. The van der Waals surface area contributed by atoms with E-state index in [1.165, 1.54) is 23.0 Å². The molecule has 11 heteroatoms. The number of nitrogens with zero attached hydrogens (tertiary/aromatic N) is 3. The molecule has 5 rings (SSSR count). The van der Waals surface area contributed by atoms with Crippen LogP contribution >= 0.6 is 22.9 Å². The summed E-state index contributed by atoms with van der Waals surface area (Å²) in [5.74, 6) is 0.614. The quantitative estimate of drug-likeness (QED) is 0.255. The lowest BCUT2D eigenvalue weighted by Gasteiger charge is -2.26. The van der Waals surface area contributed by atoms with E-state index in [1.807, 2.05) is 48.5 Å². The lowest BCUT2D eigenvalue weighted by Crippen LogP contribution is -2.40. The first-order chi connectivity index (χ1) is 20.9. The summed E-state index contributed by atoms with van der Waals surface area (Å²) in [5.41, 5.74) is 2.30. The van der Waals surface area contributed by atoms with Gasteiger partial charge in [0.25, 0.3) is 5.56 Å². The van der Waals surface area contributed by atoms with Crippen LogP contribution < -0.4 is 29.1 Å². The van der Waals surface area contributed by atoms with Crippen molar-refractivity contribution < 1.29 is 23.7 Å². The van der Waals surface area contributed by atoms with Crippen LogP contribution in [0, 0.1) is 11.3 Å². The third-order valence-corrected chi connectivity index (χ3v) is 7.90. The first kappa shape index (κ1) is 29.6.